The monoisotopic (exact) mass is 446 g/mol. The first-order chi connectivity index (χ1) is 14.3. The molecule has 0 bridgehead atoms. The molecule has 0 radical (unpaired) electrons. The quantitative estimate of drug-likeness (QED) is 0.562. The number of hydrogen-bond donors (Lipinski definition) is 1. The normalized spacial score (nSPS) is 11.2. The van der Waals surface area contributed by atoms with Gasteiger partial charge in [-0.25, -0.2) is 12.8 Å². The zero-order chi connectivity index (χ0) is 21.7. The van der Waals surface area contributed by atoms with Crippen molar-refractivity contribution in [1.82, 2.24) is 0 Å². The lowest BCUT2D eigenvalue weighted by atomic mass is 10.1. The van der Waals surface area contributed by atoms with Crippen LogP contribution in [-0.2, 0) is 21.2 Å². The van der Waals surface area contributed by atoms with E-state index in [1.807, 2.05) is 0 Å². The smallest absolute Gasteiger partial charge is 0.265 e. The second-order valence-corrected chi connectivity index (χ2v) is 8.74. The third-order valence-corrected chi connectivity index (χ3v) is 6.78. The topological polar surface area (TPSA) is 66.5 Å². The minimum Gasteiger partial charge on any atom is -0.326 e. The van der Waals surface area contributed by atoms with Crippen LogP contribution in [0.5, 0.6) is 0 Å². The molecule has 3 rings (SSSR count). The summed E-state index contributed by atoms with van der Waals surface area (Å²) in [4.78, 5) is 12.2. The van der Waals surface area contributed by atoms with Gasteiger partial charge >= 0.3 is 0 Å². The molecule has 3 aromatic rings. The molecule has 0 saturated heterocycles. The molecule has 0 aliphatic rings. The number of nitrogens with one attached hydrogen (secondary N) is 1. The van der Waals surface area contributed by atoms with E-state index in [2.05, 4.69) is 5.32 Å². The van der Waals surface area contributed by atoms with Gasteiger partial charge in [0.05, 0.1) is 17.1 Å². The second-order valence-electron chi connectivity index (χ2n) is 6.50. The second kappa shape index (κ2) is 9.28. The molecular weight excluding hydrogens is 427 g/mol. The van der Waals surface area contributed by atoms with E-state index in [4.69, 9.17) is 11.6 Å². The maximum atomic E-state index is 13.2. The zero-order valence-electron chi connectivity index (χ0n) is 16.2. The van der Waals surface area contributed by atoms with Crippen LogP contribution in [0.25, 0.3) is 0 Å². The molecule has 0 spiro atoms. The Morgan fingerprint density at radius 1 is 1.03 bits per heavy atom. The molecule has 0 fully saturated rings. The summed E-state index contributed by atoms with van der Waals surface area (Å²) in [5, 5.41) is 2.72. The zero-order valence-corrected chi connectivity index (χ0v) is 17.8. The molecule has 3 aromatic carbocycles. The summed E-state index contributed by atoms with van der Waals surface area (Å²) in [5.41, 5.74) is 1.45. The Kier molecular flexibility index (Phi) is 6.74. The minimum absolute atomic E-state index is 0.0239. The summed E-state index contributed by atoms with van der Waals surface area (Å²) >= 11 is 6.20. The van der Waals surface area contributed by atoms with Gasteiger partial charge < -0.3 is 5.32 Å². The molecule has 1 amide bonds. The fraction of sp³-hybridized carbons (Fsp3) is 0.136. The number of halogens is 2. The third kappa shape index (κ3) is 4.98. The van der Waals surface area contributed by atoms with Gasteiger partial charge in [-0.3, -0.25) is 9.10 Å². The van der Waals surface area contributed by atoms with Crippen molar-refractivity contribution in [1.29, 1.82) is 0 Å². The first-order valence-corrected chi connectivity index (χ1v) is 11.0. The highest BCUT2D eigenvalue weighted by molar-refractivity contribution is 7.93. The summed E-state index contributed by atoms with van der Waals surface area (Å²) in [6.07, 6.45) is 0.0239. The van der Waals surface area contributed by atoms with Gasteiger partial charge in [-0.15, -0.1) is 0 Å². The molecule has 0 aliphatic carbocycles. The lowest BCUT2D eigenvalue weighted by molar-refractivity contribution is -0.115. The van der Waals surface area contributed by atoms with Gasteiger partial charge in [0.25, 0.3) is 10.0 Å². The van der Waals surface area contributed by atoms with Crippen molar-refractivity contribution in [3.8, 4) is 0 Å². The third-order valence-electron chi connectivity index (χ3n) is 4.39. The van der Waals surface area contributed by atoms with Crippen molar-refractivity contribution in [2.75, 3.05) is 16.2 Å². The van der Waals surface area contributed by atoms with Crippen LogP contribution in [0.2, 0.25) is 5.02 Å². The number of hydrogen-bond acceptors (Lipinski definition) is 3. The van der Waals surface area contributed by atoms with Gasteiger partial charge in [-0.1, -0.05) is 41.9 Å². The molecule has 5 nitrogen and oxygen atoms in total. The van der Waals surface area contributed by atoms with Crippen LogP contribution in [0.1, 0.15) is 12.5 Å². The number of benzene rings is 3. The predicted molar refractivity (Wildman–Crippen MR) is 117 cm³/mol. The summed E-state index contributed by atoms with van der Waals surface area (Å²) in [6.45, 7) is 1.94. The fourth-order valence-electron chi connectivity index (χ4n) is 2.98. The number of carbonyl (C=O) groups excluding carboxylic acids is 1. The largest absolute Gasteiger partial charge is 0.326 e. The number of anilines is 2. The molecule has 8 heteroatoms. The number of amides is 1. The summed E-state index contributed by atoms with van der Waals surface area (Å²) < 4.78 is 40.7. The Morgan fingerprint density at radius 2 is 1.70 bits per heavy atom. The van der Waals surface area contributed by atoms with Gasteiger partial charge in [0.15, 0.2) is 0 Å². The van der Waals surface area contributed by atoms with E-state index in [1.54, 1.807) is 37.3 Å². The Bertz CT molecular complexity index is 1140. The van der Waals surface area contributed by atoms with E-state index in [9.17, 15) is 17.6 Å². The van der Waals surface area contributed by atoms with E-state index < -0.39 is 10.0 Å². The fourth-order valence-corrected chi connectivity index (χ4v) is 4.95. The number of rotatable bonds is 7. The summed E-state index contributed by atoms with van der Waals surface area (Å²) in [6, 6.07) is 18.6. The Hall–Kier alpha value is -2.90. The molecule has 0 heterocycles. The standard InChI is InChI=1S/C22H20ClFN2O3S/c1-2-26(19-6-4-3-5-7-19)30(28,29)21-15-18(12-13-20(21)23)25-22(27)14-16-8-10-17(24)11-9-16/h3-13,15H,2,14H2,1H3,(H,25,27). The first kappa shape index (κ1) is 21.8. The molecule has 0 aromatic heterocycles. The van der Waals surface area contributed by atoms with Crippen LogP contribution in [0.3, 0.4) is 0 Å². The maximum Gasteiger partial charge on any atom is 0.265 e. The minimum atomic E-state index is -3.95. The van der Waals surface area contributed by atoms with Crippen LogP contribution in [-0.4, -0.2) is 20.9 Å². The highest BCUT2D eigenvalue weighted by atomic mass is 35.5. The molecule has 1 N–H and O–H groups in total. The molecule has 0 saturated carbocycles. The van der Waals surface area contributed by atoms with Crippen molar-refractivity contribution >= 4 is 38.9 Å². The summed E-state index contributed by atoms with van der Waals surface area (Å²) in [7, 11) is -3.95. The van der Waals surface area contributed by atoms with Gasteiger partial charge in [0, 0.05) is 12.2 Å². The number of sulfonamides is 1. The van der Waals surface area contributed by atoms with Gasteiger partial charge in [-0.2, -0.15) is 0 Å². The van der Waals surface area contributed by atoms with E-state index >= 15 is 0 Å². The van der Waals surface area contributed by atoms with Crippen LogP contribution < -0.4 is 9.62 Å². The Morgan fingerprint density at radius 3 is 2.33 bits per heavy atom. The SMILES string of the molecule is CCN(c1ccccc1)S(=O)(=O)c1cc(NC(=O)Cc2ccc(F)cc2)ccc1Cl. The molecule has 156 valence electrons. The molecular formula is C22H20ClFN2O3S. The van der Waals surface area contributed by atoms with Crippen LogP contribution in [0, 0.1) is 5.82 Å². The highest BCUT2D eigenvalue weighted by Crippen LogP contribution is 2.30. The molecule has 0 aliphatic heterocycles. The van der Waals surface area contributed by atoms with Gasteiger partial charge in [0.1, 0.15) is 10.7 Å². The van der Waals surface area contributed by atoms with Crippen molar-refractivity contribution in [3.05, 3.63) is 89.2 Å². The molecule has 0 unspecified atom stereocenters. The van der Waals surface area contributed by atoms with Crippen molar-refractivity contribution in [3.63, 3.8) is 0 Å². The predicted octanol–water partition coefficient (Wildman–Crippen LogP) is 4.88. The first-order valence-electron chi connectivity index (χ1n) is 9.23. The van der Waals surface area contributed by atoms with Crippen LogP contribution in [0.4, 0.5) is 15.8 Å². The average Bonchev–Trinajstić information content (AvgIpc) is 2.72. The highest BCUT2D eigenvalue weighted by Gasteiger charge is 2.26. The lowest BCUT2D eigenvalue weighted by Crippen LogP contribution is -2.31. The summed E-state index contributed by atoms with van der Waals surface area (Å²) in [5.74, 6) is -0.742. The Labute approximate surface area is 180 Å². The van der Waals surface area contributed by atoms with Crippen LogP contribution in [0.15, 0.2) is 77.7 Å². The van der Waals surface area contributed by atoms with Crippen molar-refractivity contribution < 1.29 is 17.6 Å². The van der Waals surface area contributed by atoms with E-state index in [0.29, 0.717) is 16.9 Å². The molecule has 0 atom stereocenters. The lowest BCUT2D eigenvalue weighted by Gasteiger charge is -2.23. The van der Waals surface area contributed by atoms with Crippen molar-refractivity contribution in [2.24, 2.45) is 0 Å². The number of carbonyl (C=O) groups is 1. The van der Waals surface area contributed by atoms with Gasteiger partial charge in [0.2, 0.25) is 5.91 Å². The van der Waals surface area contributed by atoms with Crippen molar-refractivity contribution in [2.45, 2.75) is 18.2 Å². The van der Waals surface area contributed by atoms with Gasteiger partial charge in [-0.05, 0) is 55.0 Å². The molecule has 30 heavy (non-hydrogen) atoms. The van der Waals surface area contributed by atoms with E-state index in [-0.39, 0.29) is 34.6 Å². The van der Waals surface area contributed by atoms with E-state index in [0.717, 1.165) is 0 Å². The van der Waals surface area contributed by atoms with E-state index in [1.165, 1.54) is 46.8 Å². The number of para-hydroxylation sites is 1. The Balaban J connectivity index is 1.85. The van der Waals surface area contributed by atoms with Crippen LogP contribution >= 0.6 is 11.6 Å². The maximum absolute atomic E-state index is 13.2. The number of nitrogens with zero attached hydrogens (tertiary/aromatic N) is 1. The average molecular weight is 447 g/mol.